The molecule has 0 aromatic heterocycles. The minimum atomic E-state index is -1.06. The minimum Gasteiger partial charge on any atom is -0.457 e. The maximum absolute atomic E-state index is 11.3. The van der Waals surface area contributed by atoms with Gasteiger partial charge in [-0.3, -0.25) is 13.8 Å². The van der Waals surface area contributed by atoms with Crippen molar-refractivity contribution in [1.29, 1.82) is 0 Å². The van der Waals surface area contributed by atoms with Crippen LogP contribution in [0.2, 0.25) is 0 Å². The van der Waals surface area contributed by atoms with E-state index >= 15 is 0 Å². The highest BCUT2D eigenvalue weighted by Gasteiger charge is 2.39. The fourth-order valence-corrected chi connectivity index (χ4v) is 2.48. The lowest BCUT2D eigenvalue weighted by Gasteiger charge is -2.15. The average molecular weight is 267 g/mol. The Morgan fingerprint density at radius 3 is 2.50 bits per heavy atom. The number of benzene rings is 1. The molecule has 1 aliphatic rings. The maximum Gasteiger partial charge on any atom is 0.307 e. The lowest BCUT2D eigenvalue weighted by Crippen LogP contribution is -2.25. The van der Waals surface area contributed by atoms with E-state index < -0.39 is 34.7 Å². The van der Waals surface area contributed by atoms with Gasteiger partial charge in [-0.1, -0.05) is 12.1 Å². The largest absolute Gasteiger partial charge is 0.457 e. The molecule has 5 nitrogen and oxygen atoms in total. The van der Waals surface area contributed by atoms with Crippen molar-refractivity contribution in [3.05, 3.63) is 29.8 Å². The zero-order chi connectivity index (χ0) is 13.3. The van der Waals surface area contributed by atoms with Gasteiger partial charge in [0, 0.05) is 22.0 Å². The number of rotatable bonds is 3. The molecule has 2 unspecified atom stereocenters. The molecule has 96 valence electrons. The summed E-state index contributed by atoms with van der Waals surface area (Å²) < 4.78 is 16.4. The summed E-state index contributed by atoms with van der Waals surface area (Å²) in [5.74, 6) is -1.60. The summed E-state index contributed by atoms with van der Waals surface area (Å²) in [5, 5.41) is 0. The van der Waals surface area contributed by atoms with Gasteiger partial charge in [0.15, 0.2) is 0 Å². The van der Waals surface area contributed by atoms with Crippen LogP contribution in [0, 0.1) is 5.92 Å². The van der Waals surface area contributed by atoms with Crippen LogP contribution in [0.3, 0.4) is 0 Å². The van der Waals surface area contributed by atoms with Crippen molar-refractivity contribution in [3.8, 4) is 0 Å². The van der Waals surface area contributed by atoms with Gasteiger partial charge in [0.05, 0.1) is 12.3 Å². The molecule has 18 heavy (non-hydrogen) atoms. The van der Waals surface area contributed by atoms with E-state index in [1.807, 2.05) is 0 Å². The Labute approximate surface area is 107 Å². The van der Waals surface area contributed by atoms with Gasteiger partial charge in [-0.05, 0) is 17.7 Å². The number of amides is 1. The number of ether oxygens (including phenoxy) is 1. The Hall–Kier alpha value is -1.69. The van der Waals surface area contributed by atoms with Crippen LogP contribution in [-0.4, -0.2) is 22.3 Å². The molecule has 2 N–H and O–H groups in total. The summed E-state index contributed by atoms with van der Waals surface area (Å²) in [6.07, 6.45) is 0.965. The summed E-state index contributed by atoms with van der Waals surface area (Å²) in [7, 11) is -1.06. The van der Waals surface area contributed by atoms with Crippen molar-refractivity contribution >= 4 is 22.7 Å². The monoisotopic (exact) mass is 267 g/mol. The summed E-state index contributed by atoms with van der Waals surface area (Å²) in [4.78, 5) is 23.2. The Kier molecular flexibility index (Phi) is 3.47. The van der Waals surface area contributed by atoms with Gasteiger partial charge in [-0.2, -0.15) is 0 Å². The van der Waals surface area contributed by atoms with Crippen molar-refractivity contribution in [3.63, 3.8) is 0 Å². The summed E-state index contributed by atoms with van der Waals surface area (Å²) in [5.41, 5.74) is 5.94. The van der Waals surface area contributed by atoms with Crippen LogP contribution < -0.4 is 5.73 Å². The third-order valence-corrected chi connectivity index (χ3v) is 3.85. The van der Waals surface area contributed by atoms with Gasteiger partial charge in [0.25, 0.3) is 0 Å². The molecule has 6 heteroatoms. The number of hydrogen-bond acceptors (Lipinski definition) is 4. The summed E-state index contributed by atoms with van der Waals surface area (Å²) >= 11 is 0. The van der Waals surface area contributed by atoms with E-state index in [0.29, 0.717) is 10.5 Å². The normalized spacial score (nSPS) is 24.6. The first-order valence-corrected chi connectivity index (χ1v) is 6.97. The first kappa shape index (κ1) is 12.8. The molecule has 2 rings (SSSR count). The highest BCUT2D eigenvalue weighted by atomic mass is 32.2. The van der Waals surface area contributed by atoms with E-state index in [1.54, 1.807) is 30.5 Å². The number of carbonyl (C=O) groups excluding carboxylic acids is 2. The molecule has 0 radical (unpaired) electrons. The van der Waals surface area contributed by atoms with E-state index in [0.717, 1.165) is 0 Å². The molecule has 0 bridgehead atoms. The zero-order valence-corrected chi connectivity index (χ0v) is 10.6. The van der Waals surface area contributed by atoms with Crippen molar-refractivity contribution in [2.24, 2.45) is 11.7 Å². The first-order valence-electron chi connectivity index (χ1n) is 5.41. The van der Waals surface area contributed by atoms with Crippen LogP contribution >= 0.6 is 0 Å². The maximum atomic E-state index is 11.3. The number of carbonyl (C=O) groups is 2. The van der Waals surface area contributed by atoms with Crippen LogP contribution in [0.4, 0.5) is 0 Å². The van der Waals surface area contributed by atoms with Crippen molar-refractivity contribution in [2.75, 3.05) is 6.26 Å². The van der Waals surface area contributed by atoms with Crippen LogP contribution in [0.15, 0.2) is 29.2 Å². The lowest BCUT2D eigenvalue weighted by atomic mass is 9.95. The number of primary amides is 1. The van der Waals surface area contributed by atoms with E-state index in [4.69, 9.17) is 10.5 Å². The number of nitrogens with two attached hydrogens (primary N) is 1. The Bertz CT molecular complexity index is 511. The van der Waals surface area contributed by atoms with E-state index in [1.165, 1.54) is 0 Å². The first-order chi connectivity index (χ1) is 8.49. The lowest BCUT2D eigenvalue weighted by molar-refractivity contribution is -0.141. The van der Waals surface area contributed by atoms with Gasteiger partial charge in [-0.25, -0.2) is 0 Å². The topological polar surface area (TPSA) is 86.5 Å². The molecule has 1 heterocycles. The molecule has 1 aliphatic heterocycles. The Balaban J connectivity index is 2.27. The summed E-state index contributed by atoms with van der Waals surface area (Å²) in [6, 6.07) is 6.79. The molecule has 1 saturated heterocycles. The molecule has 1 fully saturated rings. The van der Waals surface area contributed by atoms with E-state index in [9.17, 15) is 13.8 Å². The molecule has 0 saturated carbocycles. The quantitative estimate of drug-likeness (QED) is 0.809. The fraction of sp³-hybridized carbons (Fsp3) is 0.333. The van der Waals surface area contributed by atoms with Gasteiger partial charge in [-0.15, -0.1) is 0 Å². The second-order valence-corrected chi connectivity index (χ2v) is 5.53. The van der Waals surface area contributed by atoms with E-state index in [2.05, 4.69) is 0 Å². The second-order valence-electron chi connectivity index (χ2n) is 4.15. The van der Waals surface area contributed by atoms with Gasteiger partial charge < -0.3 is 10.5 Å². The molecule has 1 amide bonds. The average Bonchev–Trinajstić information content (AvgIpc) is 2.71. The molecular weight excluding hydrogens is 254 g/mol. The molecule has 1 aromatic rings. The van der Waals surface area contributed by atoms with Crippen LogP contribution in [0.5, 0.6) is 0 Å². The number of hydrogen-bond donors (Lipinski definition) is 1. The highest BCUT2D eigenvalue weighted by molar-refractivity contribution is 7.84. The van der Waals surface area contributed by atoms with Crippen LogP contribution in [0.25, 0.3) is 0 Å². The third kappa shape index (κ3) is 2.43. The molecule has 0 aliphatic carbocycles. The van der Waals surface area contributed by atoms with Crippen molar-refractivity contribution in [1.82, 2.24) is 0 Å². The predicted molar refractivity (Wildman–Crippen MR) is 64.9 cm³/mol. The standard InChI is InChI=1S/C12H13NO4S/c1-18(16)8-4-2-7(3-5-8)11-9(12(13)15)6-10(14)17-11/h2-5,9,11H,6H2,1H3,(H2,13,15)/t9-,11?,18?/m0/s1. The zero-order valence-electron chi connectivity index (χ0n) is 9.79. The van der Waals surface area contributed by atoms with Gasteiger partial charge >= 0.3 is 5.97 Å². The smallest absolute Gasteiger partial charge is 0.307 e. The minimum absolute atomic E-state index is 0.0153. The fourth-order valence-electron chi connectivity index (χ4n) is 1.96. The Morgan fingerprint density at radius 1 is 1.39 bits per heavy atom. The van der Waals surface area contributed by atoms with Crippen LogP contribution in [-0.2, 0) is 25.1 Å². The molecule has 0 spiro atoms. The van der Waals surface area contributed by atoms with E-state index in [-0.39, 0.29) is 6.42 Å². The number of cyclic esters (lactones) is 1. The predicted octanol–water partition coefficient (Wildman–Crippen LogP) is 0.513. The van der Waals surface area contributed by atoms with Gasteiger partial charge in [0.1, 0.15) is 6.10 Å². The summed E-state index contributed by atoms with van der Waals surface area (Å²) in [6.45, 7) is 0. The second kappa shape index (κ2) is 4.89. The van der Waals surface area contributed by atoms with Crippen molar-refractivity contribution in [2.45, 2.75) is 17.4 Å². The van der Waals surface area contributed by atoms with Gasteiger partial charge in [0.2, 0.25) is 5.91 Å². The Morgan fingerprint density at radius 2 is 2.00 bits per heavy atom. The van der Waals surface area contributed by atoms with Crippen molar-refractivity contribution < 1.29 is 18.5 Å². The molecular formula is C12H13NO4S. The van der Waals surface area contributed by atoms with Crippen LogP contribution in [0.1, 0.15) is 18.1 Å². The molecule has 3 atom stereocenters. The molecule has 1 aromatic carbocycles. The highest BCUT2D eigenvalue weighted by Crippen LogP contribution is 2.35. The third-order valence-electron chi connectivity index (χ3n) is 2.92. The number of esters is 1. The SMILES string of the molecule is CS(=O)c1ccc(C2OC(=O)C[C@@H]2C(N)=O)cc1.